The lowest BCUT2D eigenvalue weighted by molar-refractivity contribution is -0.121. The number of furan rings is 1. The molecule has 0 saturated carbocycles. The third kappa shape index (κ3) is 5.31. The van der Waals surface area contributed by atoms with Gasteiger partial charge in [-0.3, -0.25) is 4.79 Å². The van der Waals surface area contributed by atoms with Gasteiger partial charge >= 0.3 is 0 Å². The molecular weight excluding hydrogens is 404 g/mol. The molecule has 7 heteroatoms. The molecular formula is C25H26N4O3. The van der Waals surface area contributed by atoms with Crippen molar-refractivity contribution in [3.05, 3.63) is 78.6 Å². The molecule has 4 rings (SSSR count). The van der Waals surface area contributed by atoms with Crippen molar-refractivity contribution in [2.75, 3.05) is 31.7 Å². The Morgan fingerprint density at radius 3 is 2.59 bits per heavy atom. The van der Waals surface area contributed by atoms with Crippen molar-refractivity contribution in [3.63, 3.8) is 0 Å². The number of hydrogen-bond donors (Lipinski definition) is 1. The molecule has 2 aromatic heterocycles. The molecule has 0 saturated heterocycles. The fraction of sp³-hybridized carbons (Fsp3) is 0.240. The second-order valence-electron chi connectivity index (χ2n) is 7.36. The van der Waals surface area contributed by atoms with Crippen LogP contribution in [-0.4, -0.2) is 42.7 Å². The lowest BCUT2D eigenvalue weighted by atomic mass is 10.2. The summed E-state index contributed by atoms with van der Waals surface area (Å²) in [6, 6.07) is 21.4. The zero-order chi connectivity index (χ0) is 22.2. The molecule has 0 unspecified atom stereocenters. The van der Waals surface area contributed by atoms with Crippen molar-refractivity contribution in [1.29, 1.82) is 0 Å². The highest BCUT2D eigenvalue weighted by atomic mass is 16.5. The Morgan fingerprint density at radius 1 is 1.00 bits per heavy atom. The highest BCUT2D eigenvalue weighted by Gasteiger charge is 2.17. The summed E-state index contributed by atoms with van der Waals surface area (Å²) in [7, 11) is 1.66. The summed E-state index contributed by atoms with van der Waals surface area (Å²) in [6.07, 6.45) is 1.94. The second-order valence-corrected chi connectivity index (χ2v) is 7.36. The van der Waals surface area contributed by atoms with Crippen LogP contribution in [0.4, 0.5) is 5.82 Å². The monoisotopic (exact) mass is 430 g/mol. The molecule has 0 aliphatic carbocycles. The number of fused-ring (bicyclic) bond motifs is 1. The number of aromatic nitrogens is 2. The van der Waals surface area contributed by atoms with Crippen LogP contribution >= 0.6 is 0 Å². The van der Waals surface area contributed by atoms with Crippen LogP contribution < -0.4 is 10.2 Å². The number of nitrogens with zero attached hydrogens (tertiary/aromatic N) is 3. The van der Waals surface area contributed by atoms with Crippen molar-refractivity contribution < 1.29 is 13.9 Å². The predicted molar refractivity (Wildman–Crippen MR) is 124 cm³/mol. The summed E-state index contributed by atoms with van der Waals surface area (Å²) in [5.74, 6) is 1.86. The normalized spacial score (nSPS) is 10.9. The summed E-state index contributed by atoms with van der Waals surface area (Å²) in [6.45, 7) is 2.13. The maximum absolute atomic E-state index is 12.5. The number of anilines is 1. The number of amides is 1. The van der Waals surface area contributed by atoms with E-state index in [-0.39, 0.29) is 5.91 Å². The first kappa shape index (κ1) is 21.5. The molecule has 2 aromatic carbocycles. The smallest absolute Gasteiger partial charge is 0.222 e. The van der Waals surface area contributed by atoms with E-state index in [4.69, 9.17) is 14.1 Å². The van der Waals surface area contributed by atoms with Crippen molar-refractivity contribution in [2.45, 2.75) is 13.0 Å². The topological polar surface area (TPSA) is 80.5 Å². The van der Waals surface area contributed by atoms with Crippen LogP contribution in [0, 0.1) is 0 Å². The quantitative estimate of drug-likeness (QED) is 0.409. The van der Waals surface area contributed by atoms with E-state index in [1.165, 1.54) is 0 Å². The molecule has 0 spiro atoms. The van der Waals surface area contributed by atoms with Gasteiger partial charge in [0.1, 0.15) is 5.82 Å². The standard InChI is InChI=1S/C25H26N4O3/c1-31-17-15-29(14-13-23(30)26-18-19-8-3-2-4-9-19)25-20-10-5-6-11-21(20)27-24(28-25)22-12-7-16-32-22/h2-12,16H,13-15,17-18H2,1H3,(H,26,30). The number of benzene rings is 2. The van der Waals surface area contributed by atoms with Crippen molar-refractivity contribution in [3.8, 4) is 11.6 Å². The number of para-hydroxylation sites is 1. The molecule has 0 atom stereocenters. The molecule has 164 valence electrons. The van der Waals surface area contributed by atoms with Crippen LogP contribution in [0.2, 0.25) is 0 Å². The number of rotatable bonds is 10. The van der Waals surface area contributed by atoms with E-state index >= 15 is 0 Å². The van der Waals surface area contributed by atoms with Gasteiger partial charge in [0.2, 0.25) is 5.91 Å². The number of nitrogens with one attached hydrogen (secondary N) is 1. The lowest BCUT2D eigenvalue weighted by Crippen LogP contribution is -2.33. The average molecular weight is 431 g/mol. The van der Waals surface area contributed by atoms with Crippen LogP contribution in [0.3, 0.4) is 0 Å². The zero-order valence-corrected chi connectivity index (χ0v) is 18.0. The number of carbonyl (C=O) groups is 1. The summed E-state index contributed by atoms with van der Waals surface area (Å²) in [4.78, 5) is 24.1. The molecule has 32 heavy (non-hydrogen) atoms. The van der Waals surface area contributed by atoms with Crippen LogP contribution in [0.5, 0.6) is 0 Å². The third-order valence-corrected chi connectivity index (χ3v) is 5.13. The molecule has 4 aromatic rings. The minimum absolute atomic E-state index is 0.0131. The largest absolute Gasteiger partial charge is 0.461 e. The molecule has 0 aliphatic rings. The Hall–Kier alpha value is -3.71. The van der Waals surface area contributed by atoms with Gasteiger partial charge in [0.15, 0.2) is 11.6 Å². The summed E-state index contributed by atoms with van der Waals surface area (Å²) < 4.78 is 10.8. The first-order valence-electron chi connectivity index (χ1n) is 10.6. The number of hydrogen-bond acceptors (Lipinski definition) is 6. The SMILES string of the molecule is COCCN(CCC(=O)NCc1ccccc1)c1nc(-c2ccco2)nc2ccccc12. The van der Waals surface area contributed by atoms with Gasteiger partial charge < -0.3 is 19.4 Å². The van der Waals surface area contributed by atoms with Gasteiger partial charge in [-0.1, -0.05) is 42.5 Å². The van der Waals surface area contributed by atoms with Gasteiger partial charge in [0, 0.05) is 38.6 Å². The van der Waals surface area contributed by atoms with E-state index in [9.17, 15) is 4.79 Å². The van der Waals surface area contributed by atoms with Crippen LogP contribution in [0.25, 0.3) is 22.5 Å². The maximum atomic E-state index is 12.5. The Kier molecular flexibility index (Phi) is 7.09. The van der Waals surface area contributed by atoms with Gasteiger partial charge in [0.05, 0.1) is 18.4 Å². The fourth-order valence-corrected chi connectivity index (χ4v) is 3.46. The second kappa shape index (κ2) is 10.5. The zero-order valence-electron chi connectivity index (χ0n) is 18.0. The van der Waals surface area contributed by atoms with Gasteiger partial charge in [0.25, 0.3) is 0 Å². The average Bonchev–Trinajstić information content (AvgIpc) is 3.38. The highest BCUT2D eigenvalue weighted by molar-refractivity contribution is 5.91. The Bertz CT molecular complexity index is 1150. The molecule has 7 nitrogen and oxygen atoms in total. The third-order valence-electron chi connectivity index (χ3n) is 5.13. The summed E-state index contributed by atoms with van der Waals surface area (Å²) in [5.41, 5.74) is 1.89. The minimum Gasteiger partial charge on any atom is -0.461 e. The van der Waals surface area contributed by atoms with Crippen LogP contribution in [-0.2, 0) is 16.1 Å². The maximum Gasteiger partial charge on any atom is 0.222 e. The molecule has 0 fully saturated rings. The molecule has 0 aliphatic heterocycles. The summed E-state index contributed by atoms with van der Waals surface area (Å²) in [5, 5.41) is 3.91. The summed E-state index contributed by atoms with van der Waals surface area (Å²) >= 11 is 0. The van der Waals surface area contributed by atoms with E-state index in [2.05, 4.69) is 15.2 Å². The number of ether oxygens (including phenoxy) is 1. The molecule has 0 radical (unpaired) electrons. The first-order valence-corrected chi connectivity index (χ1v) is 10.6. The fourth-order valence-electron chi connectivity index (χ4n) is 3.46. The molecule has 2 heterocycles. The van der Waals surface area contributed by atoms with E-state index in [0.29, 0.717) is 44.2 Å². The molecule has 1 N–H and O–H groups in total. The van der Waals surface area contributed by atoms with E-state index in [0.717, 1.165) is 22.3 Å². The van der Waals surface area contributed by atoms with Gasteiger partial charge in [-0.2, -0.15) is 0 Å². The van der Waals surface area contributed by atoms with Crippen molar-refractivity contribution in [1.82, 2.24) is 15.3 Å². The van der Waals surface area contributed by atoms with Crippen molar-refractivity contribution in [2.24, 2.45) is 0 Å². The van der Waals surface area contributed by atoms with E-state index in [1.54, 1.807) is 13.4 Å². The Morgan fingerprint density at radius 2 is 1.81 bits per heavy atom. The van der Waals surface area contributed by atoms with E-state index in [1.807, 2.05) is 66.7 Å². The number of methoxy groups -OCH3 is 1. The minimum atomic E-state index is -0.0131. The van der Waals surface area contributed by atoms with Crippen LogP contribution in [0.15, 0.2) is 77.4 Å². The lowest BCUT2D eigenvalue weighted by Gasteiger charge is -2.25. The van der Waals surface area contributed by atoms with Gasteiger partial charge in [-0.25, -0.2) is 9.97 Å². The van der Waals surface area contributed by atoms with Crippen LogP contribution in [0.1, 0.15) is 12.0 Å². The first-order chi connectivity index (χ1) is 15.7. The Balaban J connectivity index is 1.55. The Labute approximate surface area is 187 Å². The van der Waals surface area contributed by atoms with E-state index < -0.39 is 0 Å². The molecule has 1 amide bonds. The predicted octanol–water partition coefficient (Wildman–Crippen LogP) is 4.05. The number of carbonyl (C=O) groups excluding carboxylic acids is 1. The molecule has 0 bridgehead atoms. The van der Waals surface area contributed by atoms with Crippen molar-refractivity contribution >= 4 is 22.6 Å². The highest BCUT2D eigenvalue weighted by Crippen LogP contribution is 2.28. The van der Waals surface area contributed by atoms with Gasteiger partial charge in [-0.05, 0) is 29.8 Å². The van der Waals surface area contributed by atoms with Gasteiger partial charge in [-0.15, -0.1) is 0 Å².